The van der Waals surface area contributed by atoms with Gasteiger partial charge in [-0.1, -0.05) is 57.8 Å². The van der Waals surface area contributed by atoms with Crippen molar-refractivity contribution < 1.29 is 19.2 Å². The first-order valence-electron chi connectivity index (χ1n) is 13.0. The number of hydrogen-bond donors (Lipinski definition) is 1. The van der Waals surface area contributed by atoms with E-state index >= 15 is 0 Å². The fourth-order valence-corrected chi connectivity index (χ4v) is 6.40. The second-order valence-corrected chi connectivity index (χ2v) is 10.4. The highest BCUT2D eigenvalue weighted by atomic mass is 16.2. The maximum absolute atomic E-state index is 13.7. The second kappa shape index (κ2) is 9.43. The molecule has 0 aromatic heterocycles. The van der Waals surface area contributed by atoms with Gasteiger partial charge in [-0.25, -0.2) is 0 Å². The van der Waals surface area contributed by atoms with Crippen molar-refractivity contribution in [2.45, 2.75) is 114 Å². The Morgan fingerprint density at radius 3 is 1.70 bits per heavy atom. The average molecular weight is 454 g/mol. The number of nitrogens with one attached hydrogen (secondary N) is 1. The van der Waals surface area contributed by atoms with Crippen LogP contribution >= 0.6 is 0 Å². The van der Waals surface area contributed by atoms with E-state index in [-0.39, 0.29) is 46.8 Å². The van der Waals surface area contributed by atoms with Crippen LogP contribution in [0.5, 0.6) is 0 Å². The Morgan fingerprint density at radius 1 is 0.606 bits per heavy atom. The van der Waals surface area contributed by atoms with Gasteiger partial charge in [-0.15, -0.1) is 0 Å². The third-order valence-electron chi connectivity index (χ3n) is 8.17. The summed E-state index contributed by atoms with van der Waals surface area (Å²) >= 11 is 0. The Kier molecular flexibility index (Phi) is 6.39. The van der Waals surface area contributed by atoms with Gasteiger partial charge in [0, 0.05) is 24.2 Å². The van der Waals surface area contributed by atoms with Crippen LogP contribution in [-0.2, 0) is 19.2 Å². The van der Waals surface area contributed by atoms with Gasteiger partial charge in [-0.3, -0.25) is 29.0 Å². The van der Waals surface area contributed by atoms with Gasteiger partial charge in [0.15, 0.2) is 0 Å². The van der Waals surface area contributed by atoms with Crippen molar-refractivity contribution in [1.82, 2.24) is 15.1 Å². The van der Waals surface area contributed by atoms with Crippen molar-refractivity contribution in [3.63, 3.8) is 0 Å². The number of imide groups is 2. The van der Waals surface area contributed by atoms with E-state index in [1.165, 1.54) is 22.3 Å². The summed E-state index contributed by atoms with van der Waals surface area (Å²) in [6.45, 7) is 0. The zero-order valence-corrected chi connectivity index (χ0v) is 19.4. The first kappa shape index (κ1) is 22.4. The minimum absolute atomic E-state index is 0.107. The monoisotopic (exact) mass is 453 g/mol. The molecule has 3 fully saturated rings. The molecule has 5 aliphatic rings. The van der Waals surface area contributed by atoms with E-state index in [9.17, 15) is 19.2 Å². The predicted molar refractivity (Wildman–Crippen MR) is 123 cm³/mol. The highest BCUT2D eigenvalue weighted by Crippen LogP contribution is 2.36. The van der Waals surface area contributed by atoms with Crippen LogP contribution in [0.2, 0.25) is 0 Å². The fraction of sp³-hybridized carbons (Fsp3) is 0.692. The molecule has 0 unspecified atom stereocenters. The van der Waals surface area contributed by atoms with Crippen molar-refractivity contribution in [3.05, 3.63) is 22.9 Å². The lowest BCUT2D eigenvalue weighted by molar-refractivity contribution is -0.143. The van der Waals surface area contributed by atoms with Gasteiger partial charge < -0.3 is 5.32 Å². The summed E-state index contributed by atoms with van der Waals surface area (Å²) in [6.07, 6.45) is 16.0. The van der Waals surface area contributed by atoms with Gasteiger partial charge in [0.05, 0.1) is 11.1 Å². The van der Waals surface area contributed by atoms with Crippen LogP contribution in [0.1, 0.15) is 96.3 Å². The third-order valence-corrected chi connectivity index (χ3v) is 8.17. The summed E-state index contributed by atoms with van der Waals surface area (Å²) in [6, 6.07) is -0.111. The molecule has 5 rings (SSSR count). The molecule has 4 amide bonds. The fourth-order valence-electron chi connectivity index (χ4n) is 6.40. The molecule has 7 nitrogen and oxygen atoms in total. The van der Waals surface area contributed by atoms with Crippen molar-refractivity contribution in [3.8, 4) is 0 Å². The predicted octanol–water partition coefficient (Wildman–Crippen LogP) is 3.49. The number of rotatable bonds is 5. The lowest BCUT2D eigenvalue weighted by Gasteiger charge is -2.30. The van der Waals surface area contributed by atoms with Gasteiger partial charge in [-0.2, -0.15) is 0 Å². The summed E-state index contributed by atoms with van der Waals surface area (Å²) < 4.78 is 0. The molecule has 3 aliphatic carbocycles. The quantitative estimate of drug-likeness (QED) is 0.644. The Bertz CT molecular complexity index is 902. The maximum atomic E-state index is 13.7. The molecule has 2 aliphatic heterocycles. The molecule has 0 spiro atoms. The smallest absolute Gasteiger partial charge is 0.277 e. The second-order valence-electron chi connectivity index (χ2n) is 10.4. The number of hydrogen-bond acceptors (Lipinski definition) is 5. The number of amides is 4. The van der Waals surface area contributed by atoms with Crippen molar-refractivity contribution in [2.75, 3.05) is 0 Å². The van der Waals surface area contributed by atoms with Crippen LogP contribution in [-0.4, -0.2) is 51.6 Å². The molecule has 7 heteroatoms. The molecular formula is C26H35N3O4. The van der Waals surface area contributed by atoms with E-state index in [1.807, 2.05) is 0 Å². The molecule has 178 valence electrons. The first-order chi connectivity index (χ1) is 16.1. The van der Waals surface area contributed by atoms with Gasteiger partial charge in [0.2, 0.25) is 0 Å². The van der Waals surface area contributed by atoms with Gasteiger partial charge in [0.1, 0.15) is 5.70 Å². The third kappa shape index (κ3) is 4.15. The van der Waals surface area contributed by atoms with Gasteiger partial charge in [0.25, 0.3) is 23.6 Å². The van der Waals surface area contributed by atoms with Crippen molar-refractivity contribution in [1.29, 1.82) is 0 Å². The Balaban J connectivity index is 1.47. The molecule has 1 N–H and O–H groups in total. The summed E-state index contributed by atoms with van der Waals surface area (Å²) in [4.78, 5) is 56.4. The Labute approximate surface area is 195 Å². The summed E-state index contributed by atoms with van der Waals surface area (Å²) in [5.41, 5.74) is 0.490. The molecule has 0 saturated heterocycles. The largest absolute Gasteiger partial charge is 0.377 e. The SMILES string of the molecule is O=C1C=C(C2=C(NC3CCCCC3)C(=O)N(C3CCCCC3)C2=O)C(=O)N1C1CCCCC1. The van der Waals surface area contributed by atoms with Crippen LogP contribution in [0.15, 0.2) is 22.9 Å². The van der Waals surface area contributed by atoms with Crippen molar-refractivity contribution >= 4 is 23.6 Å². The highest BCUT2D eigenvalue weighted by Gasteiger charge is 2.49. The molecule has 0 aromatic carbocycles. The summed E-state index contributed by atoms with van der Waals surface area (Å²) in [5.74, 6) is -1.47. The zero-order chi connectivity index (χ0) is 22.9. The lowest BCUT2D eigenvalue weighted by atomic mass is 9.93. The van der Waals surface area contributed by atoms with E-state index in [1.54, 1.807) is 0 Å². The molecule has 33 heavy (non-hydrogen) atoms. The van der Waals surface area contributed by atoms with E-state index in [2.05, 4.69) is 5.32 Å². The van der Waals surface area contributed by atoms with Crippen LogP contribution < -0.4 is 5.32 Å². The van der Waals surface area contributed by atoms with E-state index in [4.69, 9.17) is 0 Å². The first-order valence-corrected chi connectivity index (χ1v) is 13.0. The molecule has 0 radical (unpaired) electrons. The minimum atomic E-state index is -0.406. The van der Waals surface area contributed by atoms with Crippen molar-refractivity contribution in [2.24, 2.45) is 0 Å². The van der Waals surface area contributed by atoms with Gasteiger partial charge >= 0.3 is 0 Å². The summed E-state index contributed by atoms with van der Waals surface area (Å²) in [5, 5.41) is 3.37. The van der Waals surface area contributed by atoms with Crippen LogP contribution in [0, 0.1) is 0 Å². The maximum Gasteiger partial charge on any atom is 0.277 e. The van der Waals surface area contributed by atoms with E-state index < -0.39 is 11.8 Å². The number of carbonyl (C=O) groups is 4. The molecule has 0 bridgehead atoms. The normalized spacial score (nSPS) is 26.6. The molecule has 2 heterocycles. The lowest BCUT2D eigenvalue weighted by Crippen LogP contribution is -2.44. The topological polar surface area (TPSA) is 86.8 Å². The van der Waals surface area contributed by atoms with Crippen LogP contribution in [0.25, 0.3) is 0 Å². The number of carbonyl (C=O) groups excluding carboxylic acids is 4. The molecule has 0 aromatic rings. The van der Waals surface area contributed by atoms with E-state index in [0.717, 1.165) is 89.9 Å². The minimum Gasteiger partial charge on any atom is -0.377 e. The zero-order valence-electron chi connectivity index (χ0n) is 19.4. The Morgan fingerprint density at radius 2 is 1.12 bits per heavy atom. The van der Waals surface area contributed by atoms with Gasteiger partial charge in [-0.05, 0) is 38.5 Å². The standard InChI is InChI=1S/C26H35N3O4/c30-21-16-20(24(31)28(21)18-12-6-2-7-13-18)22-23(27-17-10-4-1-5-11-17)26(33)29(25(22)32)19-14-8-3-9-15-19/h16-19,27H,1-15H2. The van der Waals surface area contributed by atoms with Crippen LogP contribution in [0.3, 0.4) is 0 Å². The average Bonchev–Trinajstić information content (AvgIpc) is 3.26. The molecule has 0 atom stereocenters. The van der Waals surface area contributed by atoms with E-state index in [0.29, 0.717) is 0 Å². The summed E-state index contributed by atoms with van der Waals surface area (Å²) in [7, 11) is 0. The number of nitrogens with zero attached hydrogens (tertiary/aromatic N) is 2. The highest BCUT2D eigenvalue weighted by molar-refractivity contribution is 6.29. The van der Waals surface area contributed by atoms with Crippen LogP contribution in [0.4, 0.5) is 0 Å². The molecular weight excluding hydrogens is 418 g/mol. The molecule has 3 saturated carbocycles. The Hall–Kier alpha value is -2.44.